The average molecular weight is 361 g/mol. The second kappa shape index (κ2) is 8.31. The molecule has 0 aliphatic rings. The maximum absolute atomic E-state index is 11.1. The number of hydrogen-bond acceptors (Lipinski definition) is 5. The first-order valence-corrected chi connectivity index (χ1v) is 8.86. The zero-order chi connectivity index (χ0) is 19.2. The van der Waals surface area contributed by atoms with Gasteiger partial charge in [0.25, 0.3) is 0 Å². The highest BCUT2D eigenvalue weighted by molar-refractivity contribution is 5.88. The molecule has 0 radical (unpaired) electrons. The zero-order valence-electron chi connectivity index (χ0n) is 15.7. The first-order chi connectivity index (χ1) is 13.0. The van der Waals surface area contributed by atoms with E-state index in [1.54, 1.807) is 6.33 Å². The number of aryl methyl sites for hydroxylation is 1. The van der Waals surface area contributed by atoms with E-state index in [1.807, 2.05) is 36.4 Å². The monoisotopic (exact) mass is 361 g/mol. The summed E-state index contributed by atoms with van der Waals surface area (Å²) in [5.74, 6) is 1.45. The van der Waals surface area contributed by atoms with Crippen molar-refractivity contribution in [3.05, 3.63) is 66.5 Å². The van der Waals surface area contributed by atoms with Crippen LogP contribution in [-0.2, 0) is 4.79 Å². The van der Waals surface area contributed by atoms with Gasteiger partial charge in [-0.05, 0) is 55.8 Å². The van der Waals surface area contributed by atoms with Gasteiger partial charge in [0.2, 0.25) is 5.91 Å². The highest BCUT2D eigenvalue weighted by Crippen LogP contribution is 2.26. The SMILES string of the molecule is CCN(c1cccc(C)c1)c1cc(Nc2ccc(NC(C)=O)cc2)ncn1. The van der Waals surface area contributed by atoms with Crippen molar-refractivity contribution in [3.63, 3.8) is 0 Å². The Morgan fingerprint density at radius 3 is 2.44 bits per heavy atom. The highest BCUT2D eigenvalue weighted by Gasteiger charge is 2.10. The normalized spacial score (nSPS) is 10.3. The summed E-state index contributed by atoms with van der Waals surface area (Å²) in [6.07, 6.45) is 1.56. The van der Waals surface area contributed by atoms with Crippen molar-refractivity contribution >= 4 is 34.6 Å². The lowest BCUT2D eigenvalue weighted by atomic mass is 10.2. The molecule has 0 aliphatic heterocycles. The number of carbonyl (C=O) groups is 1. The number of rotatable bonds is 6. The quantitative estimate of drug-likeness (QED) is 0.669. The second-order valence-corrected chi connectivity index (χ2v) is 6.23. The largest absolute Gasteiger partial charge is 0.340 e. The van der Waals surface area contributed by atoms with Gasteiger partial charge >= 0.3 is 0 Å². The van der Waals surface area contributed by atoms with E-state index in [0.717, 1.165) is 29.4 Å². The fraction of sp³-hybridized carbons (Fsp3) is 0.190. The average Bonchev–Trinajstić information content (AvgIpc) is 2.64. The standard InChI is InChI=1S/C21H23N5O/c1-4-26(19-7-5-6-15(2)12-19)21-13-20(22-14-23-21)25-18-10-8-17(9-11-18)24-16(3)27/h5-14H,4H2,1-3H3,(H,24,27)(H,22,23,25). The minimum absolute atomic E-state index is 0.0908. The fourth-order valence-corrected chi connectivity index (χ4v) is 2.82. The van der Waals surface area contributed by atoms with E-state index in [9.17, 15) is 4.79 Å². The summed E-state index contributed by atoms with van der Waals surface area (Å²) in [5, 5.41) is 6.03. The Morgan fingerprint density at radius 2 is 1.78 bits per heavy atom. The summed E-state index contributed by atoms with van der Waals surface area (Å²) in [6, 6.07) is 17.7. The van der Waals surface area contributed by atoms with Crippen LogP contribution in [-0.4, -0.2) is 22.4 Å². The van der Waals surface area contributed by atoms with E-state index in [1.165, 1.54) is 12.5 Å². The molecule has 2 aromatic carbocycles. The molecule has 2 N–H and O–H groups in total. The molecule has 3 rings (SSSR count). The van der Waals surface area contributed by atoms with Gasteiger partial charge in [-0.15, -0.1) is 0 Å². The molecule has 0 fully saturated rings. The van der Waals surface area contributed by atoms with E-state index < -0.39 is 0 Å². The van der Waals surface area contributed by atoms with E-state index in [0.29, 0.717) is 5.82 Å². The first kappa shape index (κ1) is 18.4. The Balaban J connectivity index is 1.79. The second-order valence-electron chi connectivity index (χ2n) is 6.23. The topological polar surface area (TPSA) is 70.2 Å². The molecule has 1 heterocycles. The maximum atomic E-state index is 11.1. The zero-order valence-corrected chi connectivity index (χ0v) is 15.7. The van der Waals surface area contributed by atoms with Crippen LogP contribution in [0, 0.1) is 6.92 Å². The Labute approximate surface area is 159 Å². The third kappa shape index (κ3) is 4.82. The lowest BCUT2D eigenvalue weighted by Crippen LogP contribution is -2.17. The fourth-order valence-electron chi connectivity index (χ4n) is 2.82. The van der Waals surface area contributed by atoms with E-state index >= 15 is 0 Å². The molecular formula is C21H23N5O. The molecule has 0 saturated carbocycles. The van der Waals surface area contributed by atoms with Gasteiger partial charge in [-0.25, -0.2) is 9.97 Å². The van der Waals surface area contributed by atoms with Crippen LogP contribution in [0.5, 0.6) is 0 Å². The summed E-state index contributed by atoms with van der Waals surface area (Å²) in [4.78, 5) is 22.0. The summed E-state index contributed by atoms with van der Waals surface area (Å²) in [5.41, 5.74) is 3.94. The molecule has 0 spiro atoms. The molecule has 138 valence electrons. The van der Waals surface area contributed by atoms with Gasteiger partial charge in [0, 0.05) is 36.6 Å². The van der Waals surface area contributed by atoms with Gasteiger partial charge in [0.05, 0.1) is 0 Å². The van der Waals surface area contributed by atoms with Crippen LogP contribution >= 0.6 is 0 Å². The molecule has 3 aromatic rings. The molecule has 6 nitrogen and oxygen atoms in total. The number of nitrogens with one attached hydrogen (secondary N) is 2. The first-order valence-electron chi connectivity index (χ1n) is 8.86. The molecule has 27 heavy (non-hydrogen) atoms. The van der Waals surface area contributed by atoms with Crippen LogP contribution in [0.15, 0.2) is 60.9 Å². The number of amides is 1. The molecule has 0 bridgehead atoms. The van der Waals surface area contributed by atoms with Crippen LogP contribution in [0.25, 0.3) is 0 Å². The van der Waals surface area contributed by atoms with Crippen molar-refractivity contribution in [3.8, 4) is 0 Å². The molecular weight excluding hydrogens is 338 g/mol. The van der Waals surface area contributed by atoms with Gasteiger partial charge in [-0.1, -0.05) is 12.1 Å². The lowest BCUT2D eigenvalue weighted by molar-refractivity contribution is -0.114. The number of carbonyl (C=O) groups excluding carboxylic acids is 1. The Morgan fingerprint density at radius 1 is 1.04 bits per heavy atom. The number of anilines is 5. The van der Waals surface area contributed by atoms with Gasteiger partial charge in [0.15, 0.2) is 0 Å². The van der Waals surface area contributed by atoms with Crippen LogP contribution in [0.3, 0.4) is 0 Å². The van der Waals surface area contributed by atoms with Crippen molar-refractivity contribution in [2.75, 3.05) is 22.1 Å². The number of hydrogen-bond donors (Lipinski definition) is 2. The maximum Gasteiger partial charge on any atom is 0.221 e. The van der Waals surface area contributed by atoms with E-state index in [-0.39, 0.29) is 5.91 Å². The molecule has 0 atom stereocenters. The van der Waals surface area contributed by atoms with Crippen molar-refractivity contribution in [1.29, 1.82) is 0 Å². The van der Waals surface area contributed by atoms with Crippen LogP contribution < -0.4 is 15.5 Å². The molecule has 0 saturated heterocycles. The predicted molar refractivity (Wildman–Crippen MR) is 110 cm³/mol. The van der Waals surface area contributed by atoms with E-state index in [2.05, 4.69) is 57.5 Å². The van der Waals surface area contributed by atoms with Gasteiger partial charge < -0.3 is 15.5 Å². The summed E-state index contributed by atoms with van der Waals surface area (Å²) >= 11 is 0. The van der Waals surface area contributed by atoms with Crippen molar-refractivity contribution in [2.45, 2.75) is 20.8 Å². The Bertz CT molecular complexity index is 924. The number of benzene rings is 2. The summed E-state index contributed by atoms with van der Waals surface area (Å²) in [7, 11) is 0. The van der Waals surface area contributed by atoms with Crippen LogP contribution in [0.2, 0.25) is 0 Å². The molecule has 1 amide bonds. The predicted octanol–water partition coefficient (Wildman–Crippen LogP) is 4.65. The minimum atomic E-state index is -0.0908. The molecule has 0 unspecified atom stereocenters. The molecule has 1 aromatic heterocycles. The third-order valence-electron chi connectivity index (χ3n) is 4.04. The number of nitrogens with zero attached hydrogens (tertiary/aromatic N) is 3. The van der Waals surface area contributed by atoms with Gasteiger partial charge in [0.1, 0.15) is 18.0 Å². The van der Waals surface area contributed by atoms with Crippen LogP contribution in [0.1, 0.15) is 19.4 Å². The highest BCUT2D eigenvalue weighted by atomic mass is 16.1. The van der Waals surface area contributed by atoms with E-state index in [4.69, 9.17) is 0 Å². The smallest absolute Gasteiger partial charge is 0.221 e. The lowest BCUT2D eigenvalue weighted by Gasteiger charge is -2.22. The van der Waals surface area contributed by atoms with Gasteiger partial charge in [-0.2, -0.15) is 0 Å². The van der Waals surface area contributed by atoms with Crippen molar-refractivity contribution < 1.29 is 4.79 Å². The summed E-state index contributed by atoms with van der Waals surface area (Å²) < 4.78 is 0. The molecule has 0 aliphatic carbocycles. The number of aromatic nitrogens is 2. The van der Waals surface area contributed by atoms with Gasteiger partial charge in [-0.3, -0.25) is 4.79 Å². The third-order valence-corrected chi connectivity index (χ3v) is 4.04. The van der Waals surface area contributed by atoms with Crippen molar-refractivity contribution in [1.82, 2.24) is 9.97 Å². The summed E-state index contributed by atoms with van der Waals surface area (Å²) in [6.45, 7) is 6.46. The molecule has 6 heteroatoms. The van der Waals surface area contributed by atoms with Crippen LogP contribution in [0.4, 0.5) is 28.7 Å². The van der Waals surface area contributed by atoms with Crippen molar-refractivity contribution in [2.24, 2.45) is 0 Å². The minimum Gasteiger partial charge on any atom is -0.340 e. The Hall–Kier alpha value is -3.41. The Kier molecular flexibility index (Phi) is 5.66.